The van der Waals surface area contributed by atoms with Crippen molar-refractivity contribution in [1.82, 2.24) is 0 Å². The zero-order chi connectivity index (χ0) is 13.5. The number of nitriles is 2. The molecular formula is C13H11FN2O2. The topological polar surface area (TPSA) is 73.9 Å². The van der Waals surface area contributed by atoms with Crippen LogP contribution in [0.25, 0.3) is 0 Å². The summed E-state index contributed by atoms with van der Waals surface area (Å²) in [6.07, 6.45) is 0.343. The molecule has 1 aromatic rings. The van der Waals surface area contributed by atoms with Crippen LogP contribution in [0, 0.1) is 28.5 Å². The molecule has 0 aromatic heterocycles. The molecule has 0 aliphatic carbocycles. The third kappa shape index (κ3) is 3.05. The highest BCUT2D eigenvalue weighted by atomic mass is 19.1. The zero-order valence-corrected chi connectivity index (χ0v) is 9.86. The van der Waals surface area contributed by atoms with Gasteiger partial charge in [0.1, 0.15) is 23.5 Å². The Morgan fingerprint density at radius 2 is 2.00 bits per heavy atom. The van der Waals surface area contributed by atoms with Gasteiger partial charge in [-0.3, -0.25) is 4.79 Å². The van der Waals surface area contributed by atoms with E-state index >= 15 is 0 Å². The summed E-state index contributed by atoms with van der Waals surface area (Å²) in [4.78, 5) is 11.2. The SMILES string of the molecule is CCOC(=O)CCc1ccc(F)c(C#N)c1C#N. The minimum atomic E-state index is -0.728. The summed E-state index contributed by atoms with van der Waals surface area (Å²) in [6, 6.07) is 5.99. The maximum Gasteiger partial charge on any atom is 0.306 e. The molecule has 0 unspecified atom stereocenters. The van der Waals surface area contributed by atoms with Crippen LogP contribution in [0.5, 0.6) is 0 Å². The minimum Gasteiger partial charge on any atom is -0.466 e. The highest BCUT2D eigenvalue weighted by Gasteiger charge is 2.14. The van der Waals surface area contributed by atoms with Gasteiger partial charge in [-0.1, -0.05) is 6.07 Å². The van der Waals surface area contributed by atoms with Crippen LogP contribution in [-0.2, 0) is 16.0 Å². The summed E-state index contributed by atoms with van der Waals surface area (Å²) in [5.41, 5.74) is 0.184. The van der Waals surface area contributed by atoms with Gasteiger partial charge in [0.2, 0.25) is 0 Å². The molecule has 0 aliphatic rings. The van der Waals surface area contributed by atoms with E-state index < -0.39 is 5.82 Å². The van der Waals surface area contributed by atoms with Gasteiger partial charge >= 0.3 is 5.97 Å². The molecule has 1 aromatic carbocycles. The van der Waals surface area contributed by atoms with Crippen LogP contribution >= 0.6 is 0 Å². The molecule has 92 valence electrons. The van der Waals surface area contributed by atoms with E-state index in [2.05, 4.69) is 0 Å². The summed E-state index contributed by atoms with van der Waals surface area (Å²) in [6.45, 7) is 1.99. The fourth-order valence-corrected chi connectivity index (χ4v) is 1.54. The van der Waals surface area contributed by atoms with Gasteiger partial charge in [0.05, 0.1) is 12.2 Å². The number of nitrogens with zero attached hydrogens (tertiary/aromatic N) is 2. The fraction of sp³-hybridized carbons (Fsp3) is 0.308. The summed E-state index contributed by atoms with van der Waals surface area (Å²) in [5, 5.41) is 17.7. The van der Waals surface area contributed by atoms with Crippen LogP contribution in [0.1, 0.15) is 30.0 Å². The number of benzene rings is 1. The number of halogens is 1. The Balaban J connectivity index is 2.95. The molecule has 0 aliphatic heterocycles. The zero-order valence-electron chi connectivity index (χ0n) is 9.86. The van der Waals surface area contributed by atoms with E-state index in [9.17, 15) is 9.18 Å². The summed E-state index contributed by atoms with van der Waals surface area (Å²) in [5.74, 6) is -1.11. The summed E-state index contributed by atoms with van der Waals surface area (Å²) < 4.78 is 18.0. The average molecular weight is 246 g/mol. The molecule has 0 bridgehead atoms. The van der Waals surface area contributed by atoms with Crippen molar-refractivity contribution in [2.24, 2.45) is 0 Å². The lowest BCUT2D eigenvalue weighted by atomic mass is 9.98. The summed E-state index contributed by atoms with van der Waals surface area (Å²) >= 11 is 0. The molecule has 1 rings (SSSR count). The Bertz CT molecular complexity index is 541. The van der Waals surface area contributed by atoms with Crippen molar-refractivity contribution in [3.05, 3.63) is 34.6 Å². The number of carbonyl (C=O) groups is 1. The smallest absolute Gasteiger partial charge is 0.306 e. The van der Waals surface area contributed by atoms with Gasteiger partial charge in [-0.2, -0.15) is 10.5 Å². The molecule has 0 amide bonds. The van der Waals surface area contributed by atoms with Gasteiger partial charge in [0.15, 0.2) is 0 Å². The number of esters is 1. The Morgan fingerprint density at radius 3 is 2.56 bits per heavy atom. The number of aryl methyl sites for hydroxylation is 1. The molecule has 4 nitrogen and oxygen atoms in total. The largest absolute Gasteiger partial charge is 0.466 e. The predicted octanol–water partition coefficient (Wildman–Crippen LogP) is 2.06. The second-order valence-corrected chi connectivity index (χ2v) is 3.49. The Kier molecular flexibility index (Phi) is 4.83. The molecule has 0 radical (unpaired) electrons. The van der Waals surface area contributed by atoms with E-state index in [0.29, 0.717) is 5.56 Å². The van der Waals surface area contributed by atoms with E-state index in [-0.39, 0.29) is 36.5 Å². The van der Waals surface area contributed by atoms with Crippen molar-refractivity contribution in [2.75, 3.05) is 6.61 Å². The molecular weight excluding hydrogens is 235 g/mol. The Labute approximate surface area is 104 Å². The lowest BCUT2D eigenvalue weighted by Gasteiger charge is -2.06. The quantitative estimate of drug-likeness (QED) is 0.762. The van der Waals surface area contributed by atoms with Gasteiger partial charge in [0.25, 0.3) is 0 Å². The molecule has 0 N–H and O–H groups in total. The maximum absolute atomic E-state index is 13.3. The standard InChI is InChI=1S/C13H11FN2O2/c1-2-18-13(17)6-4-9-3-5-12(14)11(8-16)10(9)7-15/h3,5H,2,4,6H2,1H3. The highest BCUT2D eigenvalue weighted by molar-refractivity contribution is 5.70. The van der Waals surface area contributed by atoms with Crippen molar-refractivity contribution in [3.8, 4) is 12.1 Å². The van der Waals surface area contributed by atoms with E-state index in [1.54, 1.807) is 19.1 Å². The monoisotopic (exact) mass is 246 g/mol. The first-order valence-corrected chi connectivity index (χ1v) is 5.41. The first-order valence-electron chi connectivity index (χ1n) is 5.41. The van der Waals surface area contributed by atoms with Gasteiger partial charge in [-0.15, -0.1) is 0 Å². The fourth-order valence-electron chi connectivity index (χ4n) is 1.54. The third-order valence-corrected chi connectivity index (χ3v) is 2.37. The minimum absolute atomic E-state index is 0.0122. The number of hydrogen-bond acceptors (Lipinski definition) is 4. The van der Waals surface area contributed by atoms with Crippen molar-refractivity contribution in [3.63, 3.8) is 0 Å². The first kappa shape index (κ1) is 13.7. The Morgan fingerprint density at radius 1 is 1.33 bits per heavy atom. The molecule has 0 fully saturated rings. The van der Waals surface area contributed by atoms with Crippen LogP contribution in [-0.4, -0.2) is 12.6 Å². The van der Waals surface area contributed by atoms with Crippen LogP contribution in [0.15, 0.2) is 12.1 Å². The van der Waals surface area contributed by atoms with Crippen molar-refractivity contribution >= 4 is 5.97 Å². The van der Waals surface area contributed by atoms with E-state index in [1.165, 1.54) is 6.07 Å². The second-order valence-electron chi connectivity index (χ2n) is 3.49. The van der Waals surface area contributed by atoms with Crippen molar-refractivity contribution in [2.45, 2.75) is 19.8 Å². The van der Waals surface area contributed by atoms with Crippen LogP contribution < -0.4 is 0 Å². The number of rotatable bonds is 4. The molecule has 5 heteroatoms. The van der Waals surface area contributed by atoms with Gasteiger partial charge in [-0.05, 0) is 25.0 Å². The molecule has 0 saturated carbocycles. The number of hydrogen-bond donors (Lipinski definition) is 0. The third-order valence-electron chi connectivity index (χ3n) is 2.37. The molecule has 18 heavy (non-hydrogen) atoms. The number of ether oxygens (including phenoxy) is 1. The molecule has 0 heterocycles. The maximum atomic E-state index is 13.3. The number of carbonyl (C=O) groups excluding carboxylic acids is 1. The van der Waals surface area contributed by atoms with E-state index in [4.69, 9.17) is 15.3 Å². The van der Waals surface area contributed by atoms with Crippen LogP contribution in [0.2, 0.25) is 0 Å². The van der Waals surface area contributed by atoms with Crippen LogP contribution in [0.3, 0.4) is 0 Å². The average Bonchev–Trinajstić information content (AvgIpc) is 2.37. The molecule has 0 atom stereocenters. The summed E-state index contributed by atoms with van der Waals surface area (Å²) in [7, 11) is 0. The lowest BCUT2D eigenvalue weighted by Crippen LogP contribution is -2.06. The molecule has 0 saturated heterocycles. The lowest BCUT2D eigenvalue weighted by molar-refractivity contribution is -0.143. The first-order chi connectivity index (χ1) is 8.63. The van der Waals surface area contributed by atoms with Crippen molar-refractivity contribution in [1.29, 1.82) is 10.5 Å². The van der Waals surface area contributed by atoms with Crippen LogP contribution in [0.4, 0.5) is 4.39 Å². The molecule has 0 spiro atoms. The Hall–Kier alpha value is -2.40. The van der Waals surface area contributed by atoms with Crippen molar-refractivity contribution < 1.29 is 13.9 Å². The van der Waals surface area contributed by atoms with E-state index in [0.717, 1.165) is 6.07 Å². The second kappa shape index (κ2) is 6.36. The normalized spacial score (nSPS) is 9.33. The highest BCUT2D eigenvalue weighted by Crippen LogP contribution is 2.18. The van der Waals surface area contributed by atoms with E-state index in [1.807, 2.05) is 0 Å². The van der Waals surface area contributed by atoms with Gasteiger partial charge in [0, 0.05) is 6.42 Å². The predicted molar refractivity (Wildman–Crippen MR) is 60.8 cm³/mol. The van der Waals surface area contributed by atoms with Gasteiger partial charge < -0.3 is 4.74 Å². The van der Waals surface area contributed by atoms with Gasteiger partial charge in [-0.25, -0.2) is 4.39 Å².